The monoisotopic (exact) mass is 375 g/mol. The minimum absolute atomic E-state index is 0.0289. The van der Waals surface area contributed by atoms with Crippen molar-refractivity contribution in [3.8, 4) is 5.75 Å². The molecule has 2 heterocycles. The van der Waals surface area contributed by atoms with Crippen molar-refractivity contribution in [3.63, 3.8) is 0 Å². The van der Waals surface area contributed by atoms with E-state index in [9.17, 15) is 9.90 Å². The molecule has 1 amide bonds. The third-order valence-corrected chi connectivity index (χ3v) is 7.27. The van der Waals surface area contributed by atoms with Gasteiger partial charge in [0.25, 0.3) is 5.91 Å². The van der Waals surface area contributed by atoms with Gasteiger partial charge in [-0.2, -0.15) is 0 Å². The van der Waals surface area contributed by atoms with Crippen molar-refractivity contribution in [1.29, 1.82) is 0 Å². The number of amides is 1. The van der Waals surface area contributed by atoms with Crippen LogP contribution in [0.4, 0.5) is 0 Å². The predicted octanol–water partition coefficient (Wildman–Crippen LogP) is 4.02. The van der Waals surface area contributed by atoms with Crippen molar-refractivity contribution < 1.29 is 9.90 Å². The summed E-state index contributed by atoms with van der Waals surface area (Å²) in [5, 5.41) is 10.1. The number of benzene rings is 2. The maximum absolute atomic E-state index is 13.4. The lowest BCUT2D eigenvalue weighted by atomic mass is 9.56. The Morgan fingerprint density at radius 2 is 2.18 bits per heavy atom. The number of nitrogens with one attached hydrogen (secondary N) is 1. The number of carbonyl (C=O) groups excluding carboxylic acids is 1. The number of H-pyrrole nitrogens is 1. The number of phenols is 1. The van der Waals surface area contributed by atoms with E-state index in [1.807, 2.05) is 30.3 Å². The zero-order valence-corrected chi connectivity index (χ0v) is 16.3. The first-order chi connectivity index (χ1) is 13.5. The topological polar surface area (TPSA) is 69.2 Å². The van der Waals surface area contributed by atoms with Gasteiger partial charge in [0.1, 0.15) is 5.75 Å². The highest BCUT2D eigenvalue weighted by atomic mass is 16.3. The van der Waals surface area contributed by atoms with Crippen LogP contribution in [0.15, 0.2) is 42.7 Å². The maximum Gasteiger partial charge on any atom is 0.254 e. The van der Waals surface area contributed by atoms with Gasteiger partial charge < -0.3 is 15.0 Å². The van der Waals surface area contributed by atoms with Crippen LogP contribution in [0, 0.1) is 5.92 Å². The number of aromatic amines is 1. The molecule has 3 atom stereocenters. The molecule has 3 unspecified atom stereocenters. The maximum atomic E-state index is 13.4. The van der Waals surface area contributed by atoms with Gasteiger partial charge in [0.2, 0.25) is 0 Å². The number of hydrogen-bond acceptors (Lipinski definition) is 3. The Hall–Kier alpha value is -2.82. The van der Waals surface area contributed by atoms with Gasteiger partial charge in [-0.1, -0.05) is 19.9 Å². The van der Waals surface area contributed by atoms with Crippen LogP contribution < -0.4 is 0 Å². The fourth-order valence-electron chi connectivity index (χ4n) is 5.63. The Kier molecular flexibility index (Phi) is 3.76. The van der Waals surface area contributed by atoms with Crippen molar-refractivity contribution in [2.75, 3.05) is 6.54 Å². The molecule has 28 heavy (non-hydrogen) atoms. The van der Waals surface area contributed by atoms with Gasteiger partial charge in [0, 0.05) is 23.6 Å². The number of nitrogens with zero attached hydrogens (tertiary/aromatic N) is 2. The Balaban J connectivity index is 1.54. The van der Waals surface area contributed by atoms with Crippen molar-refractivity contribution >= 4 is 16.9 Å². The summed E-state index contributed by atoms with van der Waals surface area (Å²) in [6.07, 6.45) is 4.44. The molecule has 0 radical (unpaired) electrons. The molecular formula is C23H25N3O2. The summed E-state index contributed by atoms with van der Waals surface area (Å²) in [6, 6.07) is 11.6. The highest BCUT2D eigenvalue weighted by Crippen LogP contribution is 2.51. The number of phenolic OH excluding ortho intramolecular Hbond substituents is 1. The summed E-state index contributed by atoms with van der Waals surface area (Å²) < 4.78 is 0. The molecule has 3 aromatic rings. The van der Waals surface area contributed by atoms with Gasteiger partial charge >= 0.3 is 0 Å². The van der Waals surface area contributed by atoms with Crippen molar-refractivity contribution in [2.45, 2.75) is 44.6 Å². The largest absolute Gasteiger partial charge is 0.508 e. The van der Waals surface area contributed by atoms with Crippen LogP contribution >= 0.6 is 0 Å². The molecule has 2 bridgehead atoms. The van der Waals surface area contributed by atoms with Crippen LogP contribution in [0.2, 0.25) is 0 Å². The van der Waals surface area contributed by atoms with Gasteiger partial charge in [-0.3, -0.25) is 4.79 Å². The molecule has 1 aliphatic heterocycles. The number of imidazole rings is 1. The molecule has 144 valence electrons. The standard InChI is InChI=1S/C23H25N3O2/c1-3-23-8-9-26(22(28)16-5-7-19-20(10-16)25-13-24-19)21(14(23)2)11-15-4-6-17(27)12-18(15)23/h4-7,10,12-14,21,27H,3,8-9,11H2,1-2H3,(H,24,25). The number of piperidine rings is 1. The van der Waals surface area contributed by atoms with E-state index in [1.165, 1.54) is 11.1 Å². The molecule has 0 saturated carbocycles. The Morgan fingerprint density at radius 1 is 1.32 bits per heavy atom. The number of carbonyl (C=O) groups is 1. The van der Waals surface area contributed by atoms with Crippen LogP contribution in [0.25, 0.3) is 11.0 Å². The molecule has 5 heteroatoms. The Labute approximate surface area is 164 Å². The first-order valence-electron chi connectivity index (χ1n) is 10.1. The first kappa shape index (κ1) is 17.3. The SMILES string of the molecule is CCC12CCN(C(=O)c3ccc4nc[nH]c4c3)C(Cc3ccc(O)cc31)C2C. The smallest absolute Gasteiger partial charge is 0.254 e. The van der Waals surface area contributed by atoms with E-state index in [2.05, 4.69) is 28.7 Å². The van der Waals surface area contributed by atoms with Gasteiger partial charge in [0.05, 0.1) is 17.4 Å². The van der Waals surface area contributed by atoms with Crippen LogP contribution in [0.1, 0.15) is 48.2 Å². The molecule has 1 aliphatic carbocycles. The molecule has 2 aromatic carbocycles. The average Bonchev–Trinajstić information content (AvgIpc) is 3.17. The second-order valence-corrected chi connectivity index (χ2v) is 8.29. The molecule has 5 nitrogen and oxygen atoms in total. The highest BCUT2D eigenvalue weighted by molar-refractivity contribution is 5.97. The van der Waals surface area contributed by atoms with E-state index in [-0.39, 0.29) is 17.4 Å². The normalized spacial score (nSPS) is 26.3. The number of hydrogen-bond donors (Lipinski definition) is 2. The lowest BCUT2D eigenvalue weighted by molar-refractivity contribution is 0.0186. The molecule has 2 N–H and O–H groups in total. The minimum atomic E-state index is 0.0289. The summed E-state index contributed by atoms with van der Waals surface area (Å²) >= 11 is 0. The Morgan fingerprint density at radius 3 is 3.00 bits per heavy atom. The number of likely N-dealkylation sites (tertiary alicyclic amines) is 1. The number of rotatable bonds is 2. The van der Waals surface area contributed by atoms with E-state index >= 15 is 0 Å². The summed E-state index contributed by atoms with van der Waals surface area (Å²) in [5.74, 6) is 0.782. The van der Waals surface area contributed by atoms with Crippen LogP contribution in [0.5, 0.6) is 5.75 Å². The summed E-state index contributed by atoms with van der Waals surface area (Å²) in [7, 11) is 0. The number of fused-ring (bicyclic) bond motifs is 5. The molecule has 0 spiro atoms. The molecule has 1 saturated heterocycles. The van der Waals surface area contributed by atoms with Gasteiger partial charge in [-0.05, 0) is 66.6 Å². The van der Waals surface area contributed by atoms with Crippen molar-refractivity contribution in [2.24, 2.45) is 5.92 Å². The molecule has 1 aromatic heterocycles. The number of aromatic hydroxyl groups is 1. The first-order valence-corrected chi connectivity index (χ1v) is 10.1. The zero-order chi connectivity index (χ0) is 19.5. The second-order valence-electron chi connectivity index (χ2n) is 8.29. The molecule has 1 fully saturated rings. The zero-order valence-electron chi connectivity index (χ0n) is 16.3. The van der Waals surface area contributed by atoms with Gasteiger partial charge in [-0.15, -0.1) is 0 Å². The summed E-state index contributed by atoms with van der Waals surface area (Å²) in [5.41, 5.74) is 5.06. The molecular weight excluding hydrogens is 350 g/mol. The van der Waals surface area contributed by atoms with Gasteiger partial charge in [-0.25, -0.2) is 4.98 Å². The second kappa shape index (κ2) is 6.09. The van der Waals surface area contributed by atoms with Crippen molar-refractivity contribution in [3.05, 3.63) is 59.4 Å². The fourth-order valence-corrected chi connectivity index (χ4v) is 5.63. The van der Waals surface area contributed by atoms with E-state index in [4.69, 9.17) is 0 Å². The van der Waals surface area contributed by atoms with E-state index in [1.54, 1.807) is 12.4 Å². The van der Waals surface area contributed by atoms with Crippen molar-refractivity contribution in [1.82, 2.24) is 14.9 Å². The van der Waals surface area contributed by atoms with E-state index < -0.39 is 0 Å². The lowest BCUT2D eigenvalue weighted by Crippen LogP contribution is -2.60. The third kappa shape index (κ3) is 2.32. The third-order valence-electron chi connectivity index (χ3n) is 7.27. The van der Waals surface area contributed by atoms with Crippen LogP contribution in [-0.4, -0.2) is 38.5 Å². The molecule has 2 aliphatic rings. The highest BCUT2D eigenvalue weighted by Gasteiger charge is 2.51. The van der Waals surface area contributed by atoms with Crippen LogP contribution in [0.3, 0.4) is 0 Å². The summed E-state index contributed by atoms with van der Waals surface area (Å²) in [4.78, 5) is 22.8. The fraction of sp³-hybridized carbons (Fsp3) is 0.391. The molecule has 5 rings (SSSR count). The number of aromatic nitrogens is 2. The predicted molar refractivity (Wildman–Crippen MR) is 108 cm³/mol. The minimum Gasteiger partial charge on any atom is -0.508 e. The summed E-state index contributed by atoms with van der Waals surface area (Å²) in [6.45, 7) is 5.26. The lowest BCUT2D eigenvalue weighted by Gasteiger charge is -2.55. The Bertz CT molecular complexity index is 1070. The average molecular weight is 375 g/mol. The van der Waals surface area contributed by atoms with Gasteiger partial charge in [0.15, 0.2) is 0 Å². The van der Waals surface area contributed by atoms with E-state index in [0.29, 0.717) is 17.2 Å². The quantitative estimate of drug-likeness (QED) is 0.711. The van der Waals surface area contributed by atoms with E-state index in [0.717, 1.165) is 36.8 Å². The van der Waals surface area contributed by atoms with Crippen LogP contribution in [-0.2, 0) is 11.8 Å².